The van der Waals surface area contributed by atoms with Crippen LogP contribution in [-0.4, -0.2) is 41.3 Å². The largest absolute Gasteiger partial charge is 0.497 e. The fourth-order valence-electron chi connectivity index (χ4n) is 2.58. The summed E-state index contributed by atoms with van der Waals surface area (Å²) in [5.74, 6) is 0.245. The number of hydrogen-bond donors (Lipinski definition) is 1. The molecule has 0 radical (unpaired) electrons. The third-order valence-electron chi connectivity index (χ3n) is 4.28. The van der Waals surface area contributed by atoms with E-state index in [0.717, 1.165) is 5.56 Å². The van der Waals surface area contributed by atoms with Crippen molar-refractivity contribution in [2.24, 2.45) is 4.99 Å². The molecule has 0 bridgehead atoms. The Hall–Kier alpha value is -2.51. The summed E-state index contributed by atoms with van der Waals surface area (Å²) >= 11 is 7.37. The number of aryl methyl sites for hydroxylation is 1. The van der Waals surface area contributed by atoms with Crippen LogP contribution in [0.3, 0.4) is 0 Å². The Kier molecular flexibility index (Phi) is 6.26. The highest BCUT2D eigenvalue weighted by Crippen LogP contribution is 2.30. The van der Waals surface area contributed by atoms with Gasteiger partial charge in [0.25, 0.3) is 0 Å². The van der Waals surface area contributed by atoms with Gasteiger partial charge in [-0.25, -0.2) is 4.99 Å². The van der Waals surface area contributed by atoms with Crippen LogP contribution in [0.5, 0.6) is 5.75 Å². The highest BCUT2D eigenvalue weighted by atomic mass is 35.5. The van der Waals surface area contributed by atoms with Crippen molar-refractivity contribution in [1.82, 2.24) is 4.90 Å². The van der Waals surface area contributed by atoms with Gasteiger partial charge in [-0.3, -0.25) is 14.5 Å². The number of rotatable bonds is 4. The first-order valence-corrected chi connectivity index (χ1v) is 9.86. The molecule has 1 aliphatic rings. The number of benzene rings is 2. The van der Waals surface area contributed by atoms with E-state index >= 15 is 0 Å². The van der Waals surface area contributed by atoms with Gasteiger partial charge in [0.2, 0.25) is 11.8 Å². The second kappa shape index (κ2) is 8.67. The van der Waals surface area contributed by atoms with E-state index in [9.17, 15) is 9.59 Å². The average molecular weight is 418 g/mol. The summed E-state index contributed by atoms with van der Waals surface area (Å²) in [6.45, 7) is 1.89. The lowest BCUT2D eigenvalue weighted by atomic mass is 10.2. The van der Waals surface area contributed by atoms with Gasteiger partial charge in [0.15, 0.2) is 5.17 Å². The molecular weight excluding hydrogens is 398 g/mol. The molecular formula is C20H20ClN3O3S. The summed E-state index contributed by atoms with van der Waals surface area (Å²) in [5, 5.41) is 3.29. The molecule has 0 aromatic heterocycles. The first kappa shape index (κ1) is 20.2. The van der Waals surface area contributed by atoms with Gasteiger partial charge in [0, 0.05) is 30.2 Å². The Bertz CT molecular complexity index is 948. The van der Waals surface area contributed by atoms with Crippen LogP contribution >= 0.6 is 23.4 Å². The van der Waals surface area contributed by atoms with Crippen molar-refractivity contribution in [1.29, 1.82) is 0 Å². The van der Waals surface area contributed by atoms with Crippen molar-refractivity contribution in [2.45, 2.75) is 18.6 Å². The fraction of sp³-hybridized carbons (Fsp3) is 0.250. The summed E-state index contributed by atoms with van der Waals surface area (Å²) < 4.78 is 5.20. The first-order chi connectivity index (χ1) is 13.4. The maximum absolute atomic E-state index is 12.7. The predicted molar refractivity (Wildman–Crippen MR) is 114 cm³/mol. The topological polar surface area (TPSA) is 71.0 Å². The molecule has 1 atom stereocenters. The molecule has 3 rings (SSSR count). The average Bonchev–Trinajstić information content (AvgIpc) is 2.68. The number of amidine groups is 1. The molecule has 1 aliphatic heterocycles. The molecule has 0 unspecified atom stereocenters. The molecule has 8 heteroatoms. The van der Waals surface area contributed by atoms with Gasteiger partial charge in [0.05, 0.1) is 12.8 Å². The zero-order chi connectivity index (χ0) is 20.3. The van der Waals surface area contributed by atoms with Crippen molar-refractivity contribution >= 4 is 51.7 Å². The molecule has 1 saturated heterocycles. The predicted octanol–water partition coefficient (Wildman–Crippen LogP) is 4.25. The van der Waals surface area contributed by atoms with E-state index < -0.39 is 5.25 Å². The number of methoxy groups -OCH3 is 1. The van der Waals surface area contributed by atoms with Gasteiger partial charge in [-0.15, -0.1) is 0 Å². The SMILES string of the molecule is COc1cccc(N=C2S[C@H](C(=O)Nc3ccc(C)c(Cl)c3)CC(=O)N2C)c1. The van der Waals surface area contributed by atoms with E-state index in [1.54, 1.807) is 32.4 Å². The van der Waals surface area contributed by atoms with Crippen molar-refractivity contribution in [2.75, 3.05) is 19.5 Å². The normalized spacial score (nSPS) is 18.3. The third-order valence-corrected chi connectivity index (χ3v) is 5.93. The Morgan fingerprint density at radius 3 is 2.82 bits per heavy atom. The molecule has 1 N–H and O–H groups in total. The lowest BCUT2D eigenvalue weighted by molar-refractivity contribution is -0.128. The van der Waals surface area contributed by atoms with Crippen LogP contribution in [-0.2, 0) is 9.59 Å². The van der Waals surface area contributed by atoms with E-state index in [-0.39, 0.29) is 18.2 Å². The van der Waals surface area contributed by atoms with Gasteiger partial charge < -0.3 is 10.1 Å². The van der Waals surface area contributed by atoms with Gasteiger partial charge in [-0.05, 0) is 36.8 Å². The second-order valence-corrected chi connectivity index (χ2v) is 7.89. The highest BCUT2D eigenvalue weighted by Gasteiger charge is 2.34. The number of hydrogen-bond acceptors (Lipinski definition) is 5. The van der Waals surface area contributed by atoms with Crippen LogP contribution in [0.25, 0.3) is 0 Å². The second-order valence-electron chi connectivity index (χ2n) is 6.31. The molecule has 1 heterocycles. The molecule has 0 aliphatic carbocycles. The van der Waals surface area contributed by atoms with E-state index in [4.69, 9.17) is 16.3 Å². The van der Waals surface area contributed by atoms with Crippen LogP contribution in [0.4, 0.5) is 11.4 Å². The zero-order valence-corrected chi connectivity index (χ0v) is 17.3. The summed E-state index contributed by atoms with van der Waals surface area (Å²) in [5.41, 5.74) is 2.17. The van der Waals surface area contributed by atoms with Gasteiger partial charge >= 0.3 is 0 Å². The number of nitrogens with one attached hydrogen (secondary N) is 1. The van der Waals surface area contributed by atoms with Crippen LogP contribution in [0.1, 0.15) is 12.0 Å². The van der Waals surface area contributed by atoms with Crippen LogP contribution in [0.15, 0.2) is 47.5 Å². The fourth-order valence-corrected chi connectivity index (χ4v) is 3.83. The van der Waals surface area contributed by atoms with Gasteiger partial charge in [-0.1, -0.05) is 35.5 Å². The Morgan fingerprint density at radius 1 is 1.32 bits per heavy atom. The number of halogens is 1. The minimum absolute atomic E-state index is 0.101. The standard InChI is InChI=1S/C20H20ClN3O3S/c1-12-7-8-14(10-16(12)21)22-19(26)17-11-18(25)24(2)20(28-17)23-13-5-4-6-15(9-13)27-3/h4-10,17H,11H2,1-3H3,(H,22,26)/t17-/m0/s1. The summed E-state index contributed by atoms with van der Waals surface area (Å²) in [7, 11) is 3.23. The first-order valence-electron chi connectivity index (χ1n) is 8.60. The summed E-state index contributed by atoms with van der Waals surface area (Å²) in [4.78, 5) is 31.1. The third kappa shape index (κ3) is 4.66. The van der Waals surface area contributed by atoms with Crippen molar-refractivity contribution in [3.8, 4) is 5.75 Å². The molecule has 1 fully saturated rings. The maximum Gasteiger partial charge on any atom is 0.238 e. The van der Waals surface area contributed by atoms with Crippen molar-refractivity contribution < 1.29 is 14.3 Å². The molecule has 28 heavy (non-hydrogen) atoms. The van der Waals surface area contributed by atoms with Gasteiger partial charge in [0.1, 0.15) is 11.0 Å². The van der Waals surface area contributed by atoms with Crippen molar-refractivity contribution in [3.05, 3.63) is 53.1 Å². The lowest BCUT2D eigenvalue weighted by Gasteiger charge is -2.28. The zero-order valence-electron chi connectivity index (χ0n) is 15.7. The number of nitrogens with zero attached hydrogens (tertiary/aromatic N) is 2. The van der Waals surface area contributed by atoms with Crippen LogP contribution in [0.2, 0.25) is 5.02 Å². The number of carbonyl (C=O) groups excluding carboxylic acids is 2. The molecule has 0 saturated carbocycles. The minimum atomic E-state index is -0.576. The lowest BCUT2D eigenvalue weighted by Crippen LogP contribution is -2.43. The number of carbonyl (C=O) groups is 2. The molecule has 146 valence electrons. The Morgan fingerprint density at radius 2 is 2.11 bits per heavy atom. The van der Waals surface area contributed by atoms with Crippen LogP contribution < -0.4 is 10.1 Å². The minimum Gasteiger partial charge on any atom is -0.497 e. The molecule has 2 aromatic carbocycles. The molecule has 0 spiro atoms. The number of anilines is 1. The van der Waals surface area contributed by atoms with E-state index in [0.29, 0.717) is 27.3 Å². The number of ether oxygens (including phenoxy) is 1. The summed E-state index contributed by atoms with van der Waals surface area (Å²) in [6.07, 6.45) is 0.101. The summed E-state index contributed by atoms with van der Waals surface area (Å²) in [6, 6.07) is 12.5. The monoisotopic (exact) mass is 417 g/mol. The molecule has 2 amide bonds. The number of aliphatic imine (C=N–C) groups is 1. The molecule has 6 nitrogen and oxygen atoms in total. The smallest absolute Gasteiger partial charge is 0.238 e. The Balaban J connectivity index is 1.79. The quantitative estimate of drug-likeness (QED) is 0.807. The van der Waals surface area contributed by atoms with E-state index in [1.165, 1.54) is 16.7 Å². The Labute approximate surface area is 172 Å². The van der Waals surface area contributed by atoms with Crippen LogP contribution in [0, 0.1) is 6.92 Å². The van der Waals surface area contributed by atoms with E-state index in [2.05, 4.69) is 10.3 Å². The van der Waals surface area contributed by atoms with Crippen molar-refractivity contribution in [3.63, 3.8) is 0 Å². The molecule has 2 aromatic rings. The number of thioether (sulfide) groups is 1. The maximum atomic E-state index is 12.7. The van der Waals surface area contributed by atoms with E-state index in [1.807, 2.05) is 31.2 Å². The number of amides is 2. The highest BCUT2D eigenvalue weighted by molar-refractivity contribution is 8.15. The van der Waals surface area contributed by atoms with Gasteiger partial charge in [-0.2, -0.15) is 0 Å².